The van der Waals surface area contributed by atoms with Gasteiger partial charge in [-0.25, -0.2) is 4.39 Å². The second-order valence-corrected chi connectivity index (χ2v) is 13.0. The van der Waals surface area contributed by atoms with Crippen LogP contribution in [0.25, 0.3) is 0 Å². The minimum atomic E-state index is -1.05. The number of anilines is 1. The number of halogens is 3. The molecule has 3 heterocycles. The Labute approximate surface area is 281 Å². The van der Waals surface area contributed by atoms with E-state index in [2.05, 4.69) is 35.9 Å². The summed E-state index contributed by atoms with van der Waals surface area (Å²) in [5.41, 5.74) is 0.821. The summed E-state index contributed by atoms with van der Waals surface area (Å²) in [7, 11) is 2.04. The number of carbonyl (C=O) groups is 1. The zero-order valence-corrected chi connectivity index (χ0v) is 27.6. The number of carbonyl (C=O) groups excluding carboxylic acids is 1. The second kappa shape index (κ2) is 16.0. The topological polar surface area (TPSA) is 54.0 Å². The van der Waals surface area contributed by atoms with Gasteiger partial charge in [0.1, 0.15) is 11.2 Å². The predicted molar refractivity (Wildman–Crippen MR) is 188 cm³/mol. The average molecular weight is 679 g/mol. The maximum Gasteiger partial charge on any atom is 0.237 e. The number of nitrogens with one attached hydrogen (secondary N) is 1. The fourth-order valence-corrected chi connectivity index (χ4v) is 7.15. The number of hydrogen-bond donors (Lipinski definition) is 1. The van der Waals surface area contributed by atoms with Gasteiger partial charge in [-0.15, -0.1) is 0 Å². The summed E-state index contributed by atoms with van der Waals surface area (Å²) in [4.78, 5) is 18.8. The van der Waals surface area contributed by atoms with Gasteiger partial charge < -0.3 is 14.8 Å². The summed E-state index contributed by atoms with van der Waals surface area (Å²) in [6.45, 7) is 11.5. The SMILES string of the molecule is C.C.CN1[C@@H](COCCN2CCOCC2)[C@H](c2cccc(Cl)c2F)[C@@]2(C(=O)Nc3cc(Cl)ccc32)[C@H]1CC(C)(C)C.S.S. The highest BCUT2D eigenvalue weighted by Crippen LogP contribution is 2.59. The van der Waals surface area contributed by atoms with Crippen LogP contribution in [0.3, 0.4) is 0 Å². The van der Waals surface area contributed by atoms with Gasteiger partial charge >= 0.3 is 0 Å². The van der Waals surface area contributed by atoms with Crippen molar-refractivity contribution in [2.75, 3.05) is 58.4 Å². The molecule has 0 radical (unpaired) electrons. The minimum Gasteiger partial charge on any atom is -0.379 e. The molecule has 4 atom stereocenters. The minimum absolute atomic E-state index is 0. The number of morpholine rings is 1. The Morgan fingerprint density at radius 1 is 1.12 bits per heavy atom. The lowest BCUT2D eigenvalue weighted by Gasteiger charge is -2.39. The van der Waals surface area contributed by atoms with E-state index in [-0.39, 0.29) is 70.3 Å². The van der Waals surface area contributed by atoms with Gasteiger partial charge in [0.2, 0.25) is 5.91 Å². The number of ether oxygens (including phenoxy) is 2. The van der Waals surface area contributed by atoms with Gasteiger partial charge in [-0.05, 0) is 48.2 Å². The third kappa shape index (κ3) is 7.68. The molecule has 6 nitrogen and oxygen atoms in total. The highest BCUT2D eigenvalue weighted by atomic mass is 35.5. The van der Waals surface area contributed by atoms with Crippen molar-refractivity contribution >= 4 is 61.8 Å². The van der Waals surface area contributed by atoms with Crippen LogP contribution >= 0.6 is 50.2 Å². The molecule has 0 aliphatic carbocycles. The van der Waals surface area contributed by atoms with E-state index in [0.717, 1.165) is 44.8 Å². The fourth-order valence-electron chi connectivity index (χ4n) is 6.80. The number of benzene rings is 2. The first kappa shape index (κ1) is 40.0. The fraction of sp³-hybridized carbons (Fsp3) is 0.594. The molecule has 43 heavy (non-hydrogen) atoms. The molecule has 0 aromatic heterocycles. The number of fused-ring (bicyclic) bond motifs is 2. The molecule has 1 N–H and O–H groups in total. The Hall–Kier alpha value is -1.04. The van der Waals surface area contributed by atoms with E-state index in [9.17, 15) is 4.79 Å². The zero-order valence-electron chi connectivity index (χ0n) is 24.1. The number of amides is 1. The lowest BCUT2D eigenvalue weighted by Crippen LogP contribution is -2.50. The summed E-state index contributed by atoms with van der Waals surface area (Å²) in [5, 5.41) is 3.69. The first-order valence-electron chi connectivity index (χ1n) is 13.7. The van der Waals surface area contributed by atoms with E-state index in [1.165, 1.54) is 0 Å². The molecule has 2 aromatic carbocycles. The summed E-state index contributed by atoms with van der Waals surface area (Å²) in [5.74, 6) is -1.15. The lowest BCUT2D eigenvalue weighted by atomic mass is 9.62. The van der Waals surface area contributed by atoms with Crippen LogP contribution in [-0.4, -0.2) is 80.9 Å². The maximum absolute atomic E-state index is 15.9. The second-order valence-electron chi connectivity index (χ2n) is 12.2. The third-order valence-electron chi connectivity index (χ3n) is 8.53. The van der Waals surface area contributed by atoms with Gasteiger partial charge in [0.25, 0.3) is 0 Å². The Balaban J connectivity index is 0.00000231. The number of rotatable bonds is 7. The van der Waals surface area contributed by atoms with Crippen molar-refractivity contribution in [2.24, 2.45) is 5.41 Å². The predicted octanol–water partition coefficient (Wildman–Crippen LogP) is 7.07. The molecule has 2 saturated heterocycles. The summed E-state index contributed by atoms with van der Waals surface area (Å²) in [6, 6.07) is 10.1. The van der Waals surface area contributed by atoms with Crippen molar-refractivity contribution in [1.82, 2.24) is 9.80 Å². The van der Waals surface area contributed by atoms with Crippen LogP contribution < -0.4 is 5.32 Å². The molecule has 2 aromatic rings. The number of likely N-dealkylation sites (tertiary alicyclic amines) is 1. The van der Waals surface area contributed by atoms with Crippen molar-refractivity contribution in [3.63, 3.8) is 0 Å². The van der Waals surface area contributed by atoms with Crippen LogP contribution in [0.5, 0.6) is 0 Å². The molecular formula is C32H50Cl2FN3O3S2. The Kier molecular flexibility index (Phi) is 14.9. The average Bonchev–Trinajstić information content (AvgIpc) is 3.29. The van der Waals surface area contributed by atoms with Crippen molar-refractivity contribution in [3.05, 3.63) is 63.4 Å². The van der Waals surface area contributed by atoms with Crippen molar-refractivity contribution in [1.29, 1.82) is 0 Å². The molecule has 1 amide bonds. The smallest absolute Gasteiger partial charge is 0.237 e. The van der Waals surface area contributed by atoms with E-state index >= 15 is 4.39 Å². The summed E-state index contributed by atoms with van der Waals surface area (Å²) < 4.78 is 27.6. The Morgan fingerprint density at radius 3 is 2.44 bits per heavy atom. The van der Waals surface area contributed by atoms with Gasteiger partial charge in [-0.1, -0.05) is 77.0 Å². The maximum atomic E-state index is 15.9. The summed E-state index contributed by atoms with van der Waals surface area (Å²) >= 11 is 12.7. The van der Waals surface area contributed by atoms with Crippen LogP contribution in [0, 0.1) is 11.2 Å². The van der Waals surface area contributed by atoms with Gasteiger partial charge in [-0.2, -0.15) is 27.0 Å². The highest BCUT2D eigenvalue weighted by molar-refractivity contribution is 7.59. The van der Waals surface area contributed by atoms with Crippen LogP contribution in [0.1, 0.15) is 59.1 Å². The largest absolute Gasteiger partial charge is 0.379 e. The van der Waals surface area contributed by atoms with Crippen LogP contribution in [0.15, 0.2) is 36.4 Å². The van der Waals surface area contributed by atoms with E-state index in [4.69, 9.17) is 32.7 Å². The van der Waals surface area contributed by atoms with Crippen LogP contribution in [-0.2, 0) is 19.7 Å². The van der Waals surface area contributed by atoms with Crippen LogP contribution in [0.2, 0.25) is 10.0 Å². The molecule has 5 rings (SSSR count). The van der Waals surface area contributed by atoms with E-state index < -0.39 is 17.2 Å². The normalized spacial score (nSPS) is 25.2. The molecule has 0 unspecified atom stereocenters. The molecule has 0 saturated carbocycles. The molecular weight excluding hydrogens is 628 g/mol. The first-order chi connectivity index (χ1) is 18.5. The monoisotopic (exact) mass is 677 g/mol. The van der Waals surface area contributed by atoms with E-state index in [0.29, 0.717) is 29.5 Å². The van der Waals surface area contributed by atoms with Gasteiger partial charge in [-0.3, -0.25) is 14.6 Å². The first-order valence-corrected chi connectivity index (χ1v) is 14.4. The van der Waals surface area contributed by atoms with Gasteiger partial charge in [0.15, 0.2) is 0 Å². The van der Waals surface area contributed by atoms with Crippen molar-refractivity contribution in [2.45, 2.75) is 65.5 Å². The van der Waals surface area contributed by atoms with E-state index in [1.54, 1.807) is 24.3 Å². The Morgan fingerprint density at radius 2 is 1.79 bits per heavy atom. The third-order valence-corrected chi connectivity index (χ3v) is 9.06. The van der Waals surface area contributed by atoms with Gasteiger partial charge in [0, 0.05) is 48.3 Å². The molecule has 244 valence electrons. The molecule has 3 aliphatic heterocycles. The summed E-state index contributed by atoms with van der Waals surface area (Å²) in [6.07, 6.45) is 0.724. The van der Waals surface area contributed by atoms with Crippen molar-refractivity contribution < 1.29 is 18.7 Å². The molecule has 0 bridgehead atoms. The molecule has 2 fully saturated rings. The highest BCUT2D eigenvalue weighted by Gasteiger charge is 2.67. The Bertz CT molecular complexity index is 1230. The number of likely N-dealkylation sites (N-methyl/N-ethyl adjacent to an activating group) is 1. The number of hydrogen-bond acceptors (Lipinski definition) is 5. The quantitative estimate of drug-likeness (QED) is 0.318. The zero-order chi connectivity index (χ0) is 27.9. The van der Waals surface area contributed by atoms with Gasteiger partial charge in [0.05, 0.1) is 31.5 Å². The molecule has 3 aliphatic rings. The van der Waals surface area contributed by atoms with E-state index in [1.807, 2.05) is 19.2 Å². The van der Waals surface area contributed by atoms with Crippen molar-refractivity contribution in [3.8, 4) is 0 Å². The molecule has 1 spiro atoms. The standard InChI is InChI=1S/C30H38Cl2FN3O3.2CH4.2H2S/c1-29(2,3)17-25-30(21-9-8-19(31)16-23(21)34-28(30)37)26(20-6-5-7-22(32)27(20)33)24(35(25)4)18-39-15-12-36-10-13-38-14-11-36;;;;/h5-9,16,24-26H,10-15,17-18H2,1-4H3,(H,34,37);2*1H4;2*1H2/t24-,25+,26-,30-;;;;/m0..../s1. The lowest BCUT2D eigenvalue weighted by molar-refractivity contribution is -0.122. The molecule has 11 heteroatoms. The van der Waals surface area contributed by atoms with Crippen LogP contribution in [0.4, 0.5) is 10.1 Å². The number of nitrogens with zero attached hydrogens (tertiary/aromatic N) is 2.